The van der Waals surface area contributed by atoms with E-state index in [1.807, 2.05) is 19.1 Å². The first-order valence-electron chi connectivity index (χ1n) is 12.0. The van der Waals surface area contributed by atoms with E-state index in [1.54, 1.807) is 38.3 Å². The summed E-state index contributed by atoms with van der Waals surface area (Å²) in [6.45, 7) is 4.46. The van der Waals surface area contributed by atoms with E-state index in [9.17, 15) is 18.0 Å². The Labute approximate surface area is 224 Å². The highest BCUT2D eigenvalue weighted by atomic mass is 35.5. The highest BCUT2D eigenvalue weighted by Crippen LogP contribution is 2.30. The van der Waals surface area contributed by atoms with Crippen molar-refractivity contribution in [2.45, 2.75) is 45.7 Å². The van der Waals surface area contributed by atoms with E-state index in [0.717, 1.165) is 18.2 Å². The van der Waals surface area contributed by atoms with Gasteiger partial charge >= 0.3 is 0 Å². The second-order valence-electron chi connectivity index (χ2n) is 8.59. The Morgan fingerprint density at radius 1 is 1.08 bits per heavy atom. The minimum Gasteiger partial charge on any atom is -0.497 e. The Bertz CT molecular complexity index is 1160. The van der Waals surface area contributed by atoms with Crippen molar-refractivity contribution in [2.24, 2.45) is 0 Å². The molecule has 204 valence electrons. The van der Waals surface area contributed by atoms with Crippen LogP contribution in [0, 0.1) is 0 Å². The summed E-state index contributed by atoms with van der Waals surface area (Å²) in [5.41, 5.74) is 1.22. The number of ether oxygens (including phenoxy) is 2. The maximum Gasteiger partial charge on any atom is 0.242 e. The minimum atomic E-state index is -3.63. The van der Waals surface area contributed by atoms with Gasteiger partial charge in [-0.3, -0.25) is 13.9 Å². The maximum atomic E-state index is 13.3. The van der Waals surface area contributed by atoms with Crippen molar-refractivity contribution in [2.75, 3.05) is 37.9 Å². The van der Waals surface area contributed by atoms with E-state index in [2.05, 4.69) is 5.32 Å². The number of hydrogen-bond donors (Lipinski definition) is 1. The third-order valence-corrected chi connectivity index (χ3v) is 7.29. The summed E-state index contributed by atoms with van der Waals surface area (Å²) in [7, 11) is -0.586. The fourth-order valence-corrected chi connectivity index (χ4v) is 4.93. The lowest BCUT2D eigenvalue weighted by Gasteiger charge is -2.29. The zero-order valence-corrected chi connectivity index (χ0v) is 23.6. The molecule has 0 fully saturated rings. The van der Waals surface area contributed by atoms with Gasteiger partial charge in [-0.25, -0.2) is 8.42 Å². The van der Waals surface area contributed by atoms with Crippen molar-refractivity contribution in [1.29, 1.82) is 0 Å². The van der Waals surface area contributed by atoms with Crippen molar-refractivity contribution in [3.05, 3.63) is 53.1 Å². The summed E-state index contributed by atoms with van der Waals surface area (Å²) >= 11 is 6.19. The molecule has 2 aromatic rings. The molecule has 2 rings (SSSR count). The Hall–Kier alpha value is -2.98. The van der Waals surface area contributed by atoms with Gasteiger partial charge in [-0.1, -0.05) is 30.7 Å². The third kappa shape index (κ3) is 8.82. The van der Waals surface area contributed by atoms with Gasteiger partial charge in [-0.15, -0.1) is 0 Å². The second kappa shape index (κ2) is 14.1. The van der Waals surface area contributed by atoms with Gasteiger partial charge in [0.25, 0.3) is 0 Å². The maximum absolute atomic E-state index is 13.3. The van der Waals surface area contributed by atoms with E-state index in [0.29, 0.717) is 23.7 Å². The van der Waals surface area contributed by atoms with Gasteiger partial charge in [-0.2, -0.15) is 0 Å². The molecule has 37 heavy (non-hydrogen) atoms. The summed E-state index contributed by atoms with van der Waals surface area (Å²) in [5.74, 6) is 0.624. The number of carbonyl (C=O) groups excluding carboxylic acids is 2. The number of amides is 2. The van der Waals surface area contributed by atoms with Crippen LogP contribution >= 0.6 is 11.6 Å². The van der Waals surface area contributed by atoms with Crippen LogP contribution < -0.4 is 19.1 Å². The van der Waals surface area contributed by atoms with E-state index in [1.165, 1.54) is 22.4 Å². The first kappa shape index (κ1) is 30.2. The van der Waals surface area contributed by atoms with Crippen LogP contribution in [0.2, 0.25) is 5.02 Å². The molecule has 0 spiro atoms. The van der Waals surface area contributed by atoms with Gasteiger partial charge in [0.05, 0.1) is 31.2 Å². The summed E-state index contributed by atoms with van der Waals surface area (Å²) < 4.78 is 36.5. The lowest BCUT2D eigenvalue weighted by atomic mass is 10.1. The topological polar surface area (TPSA) is 105 Å². The monoisotopic (exact) mass is 553 g/mol. The van der Waals surface area contributed by atoms with E-state index in [4.69, 9.17) is 21.1 Å². The van der Waals surface area contributed by atoms with Crippen LogP contribution in [0.4, 0.5) is 5.69 Å². The molecule has 1 atom stereocenters. The first-order valence-corrected chi connectivity index (χ1v) is 14.3. The fourth-order valence-electron chi connectivity index (χ4n) is 3.72. The van der Waals surface area contributed by atoms with E-state index < -0.39 is 16.1 Å². The highest BCUT2D eigenvalue weighted by molar-refractivity contribution is 7.92. The van der Waals surface area contributed by atoms with Crippen molar-refractivity contribution in [3.8, 4) is 11.5 Å². The molecule has 2 amide bonds. The van der Waals surface area contributed by atoms with Gasteiger partial charge in [0.15, 0.2) is 0 Å². The van der Waals surface area contributed by atoms with Crippen LogP contribution in [0.1, 0.15) is 38.7 Å². The number of methoxy groups -OCH3 is 2. The van der Waals surface area contributed by atoms with Gasteiger partial charge in [0.2, 0.25) is 21.8 Å². The number of sulfonamides is 1. The number of carbonyl (C=O) groups is 2. The normalized spacial score (nSPS) is 11.9. The van der Waals surface area contributed by atoms with E-state index in [-0.39, 0.29) is 42.8 Å². The summed E-state index contributed by atoms with van der Waals surface area (Å²) in [6, 6.07) is 11.3. The molecule has 11 heteroatoms. The predicted octanol–water partition coefficient (Wildman–Crippen LogP) is 3.85. The van der Waals surface area contributed by atoms with Crippen LogP contribution in [0.25, 0.3) is 0 Å². The molecule has 0 saturated carbocycles. The zero-order valence-electron chi connectivity index (χ0n) is 22.0. The molecular weight excluding hydrogens is 518 g/mol. The highest BCUT2D eigenvalue weighted by Gasteiger charge is 2.26. The van der Waals surface area contributed by atoms with Crippen molar-refractivity contribution < 1.29 is 27.5 Å². The molecule has 0 unspecified atom stereocenters. The molecule has 0 aromatic heterocycles. The molecule has 0 aliphatic carbocycles. The molecule has 0 bridgehead atoms. The Morgan fingerprint density at radius 3 is 2.30 bits per heavy atom. The lowest BCUT2D eigenvalue weighted by Crippen LogP contribution is -2.47. The molecule has 1 N–H and O–H groups in total. The molecule has 0 radical (unpaired) electrons. The number of rotatable bonds is 14. The number of anilines is 1. The Morgan fingerprint density at radius 2 is 1.76 bits per heavy atom. The quantitative estimate of drug-likeness (QED) is 0.381. The average Bonchev–Trinajstić information content (AvgIpc) is 2.87. The number of nitrogens with zero attached hydrogens (tertiary/aromatic N) is 2. The van der Waals surface area contributed by atoms with Crippen LogP contribution in [0.15, 0.2) is 42.5 Å². The van der Waals surface area contributed by atoms with Crippen LogP contribution in [-0.2, 0) is 26.2 Å². The third-order valence-electron chi connectivity index (χ3n) is 5.80. The van der Waals surface area contributed by atoms with Crippen LogP contribution in [-0.4, -0.2) is 64.7 Å². The average molecular weight is 554 g/mol. The first-order chi connectivity index (χ1) is 17.5. The van der Waals surface area contributed by atoms with E-state index >= 15 is 0 Å². The molecular formula is C26H36ClN3O6S. The molecule has 0 heterocycles. The van der Waals surface area contributed by atoms with Gasteiger partial charge in [0.1, 0.15) is 17.5 Å². The van der Waals surface area contributed by atoms with Crippen molar-refractivity contribution >= 4 is 39.1 Å². The lowest BCUT2D eigenvalue weighted by molar-refractivity contribution is -0.140. The largest absolute Gasteiger partial charge is 0.497 e. The smallest absolute Gasteiger partial charge is 0.242 e. The molecule has 9 nitrogen and oxygen atoms in total. The SMILES string of the molecule is CCCNC(=O)[C@H](C)N(Cc1ccc(OC)cc1)C(=O)CCCN(c1ccc(OC)c(Cl)c1)S(C)(=O)=O. The fraction of sp³-hybridized carbons (Fsp3) is 0.462. The standard InChI is InChI=1S/C26H36ClN3O6S/c1-6-15-28-26(32)19(2)29(18-20-9-12-22(35-3)13-10-20)25(31)8-7-16-30(37(5,33)34)21-11-14-24(36-4)23(27)17-21/h9-14,17,19H,6-8,15-16,18H2,1-5H3,(H,28,32)/t19-/m0/s1. The van der Waals surface area contributed by atoms with Gasteiger partial charge in [-0.05, 0) is 55.7 Å². The molecule has 0 aliphatic rings. The summed E-state index contributed by atoms with van der Waals surface area (Å²) in [6.07, 6.45) is 2.18. The second-order valence-corrected chi connectivity index (χ2v) is 10.9. The number of hydrogen-bond acceptors (Lipinski definition) is 6. The number of halogens is 1. The summed E-state index contributed by atoms with van der Waals surface area (Å²) in [4.78, 5) is 27.5. The zero-order chi connectivity index (χ0) is 27.6. The molecule has 0 saturated heterocycles. The number of nitrogens with one attached hydrogen (secondary N) is 1. The van der Waals surface area contributed by atoms with Gasteiger partial charge in [0, 0.05) is 26.1 Å². The van der Waals surface area contributed by atoms with Crippen molar-refractivity contribution in [3.63, 3.8) is 0 Å². The Balaban J connectivity index is 2.18. The predicted molar refractivity (Wildman–Crippen MR) is 146 cm³/mol. The molecule has 0 aliphatic heterocycles. The Kier molecular flexibility index (Phi) is 11.5. The van der Waals surface area contributed by atoms with Crippen LogP contribution in [0.3, 0.4) is 0 Å². The number of benzene rings is 2. The molecule has 2 aromatic carbocycles. The van der Waals surface area contributed by atoms with Crippen molar-refractivity contribution in [1.82, 2.24) is 10.2 Å². The van der Waals surface area contributed by atoms with Gasteiger partial charge < -0.3 is 19.7 Å². The van der Waals surface area contributed by atoms with Crippen LogP contribution in [0.5, 0.6) is 11.5 Å². The minimum absolute atomic E-state index is 0.0530. The summed E-state index contributed by atoms with van der Waals surface area (Å²) in [5, 5.41) is 3.12.